The minimum Gasteiger partial charge on any atom is -0.256 e. The molecule has 0 bridgehead atoms. The maximum absolute atomic E-state index is 5.37. The smallest absolute Gasteiger partial charge is 0.164 e. The summed E-state index contributed by atoms with van der Waals surface area (Å²) in [5.41, 5.74) is 8.87. The lowest BCUT2D eigenvalue weighted by Crippen LogP contribution is -2.27. The van der Waals surface area contributed by atoms with E-state index < -0.39 is 0 Å². The predicted molar refractivity (Wildman–Crippen MR) is 214 cm³/mol. The van der Waals surface area contributed by atoms with Gasteiger partial charge < -0.3 is 0 Å². The van der Waals surface area contributed by atoms with E-state index in [0.717, 1.165) is 50.8 Å². The van der Waals surface area contributed by atoms with Crippen LogP contribution in [0.25, 0.3) is 60.6 Å². The van der Waals surface area contributed by atoms with E-state index in [0.29, 0.717) is 11.6 Å². The second kappa shape index (κ2) is 11.9. The Morgan fingerprint density at radius 2 is 1.38 bits per heavy atom. The van der Waals surface area contributed by atoms with E-state index in [1.165, 1.54) is 32.9 Å². The third-order valence-corrected chi connectivity index (χ3v) is 11.2. The molecule has 0 amide bonds. The van der Waals surface area contributed by atoms with E-state index in [9.17, 15) is 0 Å². The van der Waals surface area contributed by atoms with Gasteiger partial charge in [0.2, 0.25) is 0 Å². The third-order valence-electron chi connectivity index (χ3n) is 11.2. The van der Waals surface area contributed by atoms with E-state index in [4.69, 9.17) is 19.9 Å². The molecule has 7 aromatic rings. The summed E-state index contributed by atoms with van der Waals surface area (Å²) in [6.07, 6.45) is 18.6. The number of benzene rings is 5. The van der Waals surface area contributed by atoms with Crippen LogP contribution < -0.4 is 0 Å². The van der Waals surface area contributed by atoms with Gasteiger partial charge in [-0.15, -0.1) is 0 Å². The molecule has 3 unspecified atom stereocenters. The van der Waals surface area contributed by atoms with Crippen molar-refractivity contribution < 1.29 is 0 Å². The number of nitrogens with zero attached hydrogens (tertiary/aromatic N) is 4. The molecule has 0 aliphatic heterocycles. The molecule has 4 nitrogen and oxygen atoms in total. The Bertz CT molecular complexity index is 2760. The molecule has 2 heterocycles. The lowest BCUT2D eigenvalue weighted by Gasteiger charge is -2.38. The summed E-state index contributed by atoms with van der Waals surface area (Å²) in [6.45, 7) is 4.60. The molecule has 3 aliphatic rings. The molecule has 3 atom stereocenters. The SMILES string of the molecule is CC1CC(c2nc(C3=CC4(C)C=CC=CC4c4ccccc43)nc(-c3cc4ccccc4c4ccccc34)n2)=CC=C1c1cnc2ccccc2c1. The van der Waals surface area contributed by atoms with Crippen LogP contribution in [0.2, 0.25) is 0 Å². The first-order valence-corrected chi connectivity index (χ1v) is 18.1. The minimum absolute atomic E-state index is 0.203. The molecule has 0 spiro atoms. The average Bonchev–Trinajstić information content (AvgIpc) is 3.19. The van der Waals surface area contributed by atoms with E-state index >= 15 is 0 Å². The Kier molecular flexibility index (Phi) is 7.00. The van der Waals surface area contributed by atoms with Gasteiger partial charge in [0.15, 0.2) is 17.5 Å². The van der Waals surface area contributed by atoms with Gasteiger partial charge in [-0.2, -0.15) is 0 Å². The number of pyridine rings is 1. The van der Waals surface area contributed by atoms with Crippen molar-refractivity contribution in [2.24, 2.45) is 11.3 Å². The monoisotopic (exact) mass is 668 g/mol. The number of rotatable bonds is 4. The minimum atomic E-state index is -0.203. The lowest BCUT2D eigenvalue weighted by atomic mass is 9.65. The quantitative estimate of drug-likeness (QED) is 0.175. The second-order valence-corrected chi connectivity index (χ2v) is 14.6. The number of allylic oxidation sites excluding steroid dienone is 9. The van der Waals surface area contributed by atoms with Gasteiger partial charge in [0.25, 0.3) is 0 Å². The molecular formula is C48H36N4. The van der Waals surface area contributed by atoms with E-state index in [1.54, 1.807) is 0 Å². The maximum Gasteiger partial charge on any atom is 0.164 e. The summed E-state index contributed by atoms with van der Waals surface area (Å²) in [7, 11) is 0. The summed E-state index contributed by atoms with van der Waals surface area (Å²) in [6, 6.07) is 38.7. The van der Waals surface area contributed by atoms with Crippen LogP contribution in [0.3, 0.4) is 0 Å². The lowest BCUT2D eigenvalue weighted by molar-refractivity contribution is 0.478. The van der Waals surface area contributed by atoms with Crippen molar-refractivity contribution in [2.45, 2.75) is 26.2 Å². The molecule has 0 N–H and O–H groups in total. The molecule has 2 aromatic heterocycles. The Balaban J connectivity index is 1.19. The first-order chi connectivity index (χ1) is 25.5. The molecule has 10 rings (SSSR count). The predicted octanol–water partition coefficient (Wildman–Crippen LogP) is 11.6. The van der Waals surface area contributed by atoms with Gasteiger partial charge in [-0.3, -0.25) is 4.98 Å². The molecule has 0 saturated carbocycles. The topological polar surface area (TPSA) is 51.6 Å². The zero-order chi connectivity index (χ0) is 34.8. The summed E-state index contributed by atoms with van der Waals surface area (Å²) in [4.78, 5) is 20.8. The Hall–Kier alpha value is -6.26. The van der Waals surface area contributed by atoms with Crippen molar-refractivity contribution in [3.8, 4) is 11.4 Å². The van der Waals surface area contributed by atoms with Gasteiger partial charge in [-0.1, -0.05) is 147 Å². The van der Waals surface area contributed by atoms with Crippen molar-refractivity contribution >= 4 is 49.2 Å². The highest BCUT2D eigenvalue weighted by atomic mass is 15.0. The molecule has 3 aliphatic carbocycles. The van der Waals surface area contributed by atoms with Gasteiger partial charge in [0, 0.05) is 34.1 Å². The summed E-state index contributed by atoms with van der Waals surface area (Å²) >= 11 is 0. The summed E-state index contributed by atoms with van der Waals surface area (Å²) < 4.78 is 0. The van der Waals surface area contributed by atoms with E-state index in [1.807, 2.05) is 12.3 Å². The summed E-state index contributed by atoms with van der Waals surface area (Å²) in [5.74, 6) is 2.61. The molecule has 5 aromatic carbocycles. The number of hydrogen-bond donors (Lipinski definition) is 0. The number of para-hydroxylation sites is 1. The zero-order valence-corrected chi connectivity index (χ0v) is 29.2. The normalized spacial score (nSPS) is 20.7. The first-order valence-electron chi connectivity index (χ1n) is 18.1. The van der Waals surface area contributed by atoms with Gasteiger partial charge in [-0.25, -0.2) is 15.0 Å². The van der Waals surface area contributed by atoms with Crippen molar-refractivity contribution in [1.82, 2.24) is 19.9 Å². The van der Waals surface area contributed by atoms with Gasteiger partial charge in [-0.05, 0) is 79.9 Å². The fraction of sp³-hybridized carbons (Fsp3) is 0.125. The first kappa shape index (κ1) is 30.6. The van der Waals surface area contributed by atoms with Crippen molar-refractivity contribution in [2.75, 3.05) is 0 Å². The van der Waals surface area contributed by atoms with Crippen LogP contribution in [-0.4, -0.2) is 19.9 Å². The molecule has 0 saturated heterocycles. The Morgan fingerprint density at radius 3 is 2.27 bits per heavy atom. The van der Waals surface area contributed by atoms with Crippen LogP contribution in [0.15, 0.2) is 158 Å². The highest BCUT2D eigenvalue weighted by Gasteiger charge is 2.38. The van der Waals surface area contributed by atoms with Crippen LogP contribution in [0.1, 0.15) is 54.5 Å². The second-order valence-electron chi connectivity index (χ2n) is 14.6. The molecule has 0 radical (unpaired) electrons. The highest BCUT2D eigenvalue weighted by molar-refractivity contribution is 6.13. The maximum atomic E-state index is 5.37. The van der Waals surface area contributed by atoms with Gasteiger partial charge >= 0.3 is 0 Å². The molecule has 0 fully saturated rings. The zero-order valence-electron chi connectivity index (χ0n) is 29.2. The Morgan fingerprint density at radius 1 is 0.654 bits per heavy atom. The fourth-order valence-corrected chi connectivity index (χ4v) is 8.55. The number of fused-ring (bicyclic) bond motifs is 7. The number of aromatic nitrogens is 4. The van der Waals surface area contributed by atoms with Gasteiger partial charge in [0.1, 0.15) is 0 Å². The third kappa shape index (κ3) is 4.97. The van der Waals surface area contributed by atoms with Crippen molar-refractivity contribution in [3.63, 3.8) is 0 Å². The fourth-order valence-electron chi connectivity index (χ4n) is 8.55. The van der Waals surface area contributed by atoms with Crippen LogP contribution >= 0.6 is 0 Å². The Labute approximate surface area is 303 Å². The number of hydrogen-bond acceptors (Lipinski definition) is 4. The van der Waals surface area contributed by atoms with E-state index in [2.05, 4.69) is 160 Å². The van der Waals surface area contributed by atoms with Gasteiger partial charge in [0.05, 0.1) is 5.52 Å². The van der Waals surface area contributed by atoms with Crippen molar-refractivity contribution in [1.29, 1.82) is 0 Å². The van der Waals surface area contributed by atoms with Crippen LogP contribution in [0, 0.1) is 11.3 Å². The average molecular weight is 669 g/mol. The standard InChI is InChI=1S/C48H36N4/c1-30-25-33(22-23-35(30)34-26-32-14-4-10-21-44(32)49-29-34)45-50-46(41-27-31-13-3-5-15-36(31)37-16-6-7-17-38(37)41)52-47(51-45)42-28-48(2)24-12-11-20-43(48)40-19-9-8-18-39(40)42/h3-24,26-30,43H,25H2,1-2H3. The van der Waals surface area contributed by atoms with Crippen molar-refractivity contribution in [3.05, 3.63) is 186 Å². The van der Waals surface area contributed by atoms with Crippen LogP contribution in [-0.2, 0) is 0 Å². The largest absolute Gasteiger partial charge is 0.256 e. The summed E-state index contributed by atoms with van der Waals surface area (Å²) in [5, 5.41) is 5.86. The highest BCUT2D eigenvalue weighted by Crippen LogP contribution is 2.50. The molecule has 52 heavy (non-hydrogen) atoms. The van der Waals surface area contributed by atoms with E-state index in [-0.39, 0.29) is 17.3 Å². The van der Waals surface area contributed by atoms with Crippen LogP contribution in [0.5, 0.6) is 0 Å². The molecule has 248 valence electrons. The molecule has 4 heteroatoms. The molecular weight excluding hydrogens is 633 g/mol. The van der Waals surface area contributed by atoms with Crippen LogP contribution in [0.4, 0.5) is 0 Å².